The third kappa shape index (κ3) is 5.56. The first-order valence-electron chi connectivity index (χ1n) is 7.27. The molecule has 0 aromatic heterocycles. The van der Waals surface area contributed by atoms with E-state index in [9.17, 15) is 20.0 Å². The number of halogens is 2. The van der Waals surface area contributed by atoms with Crippen LogP contribution in [-0.4, -0.2) is 35.9 Å². The fourth-order valence-electron chi connectivity index (χ4n) is 1.92. The molecular weight excluding hydrogens is 446 g/mol. The summed E-state index contributed by atoms with van der Waals surface area (Å²) in [6, 6.07) is 7.26. The molecule has 2 aromatic carbocycles. The normalized spacial score (nSPS) is 10.6. The minimum absolute atomic E-state index is 0.0201. The summed E-state index contributed by atoms with van der Waals surface area (Å²) in [5.74, 6) is -0.137. The van der Waals surface area contributed by atoms with Gasteiger partial charge in [0.1, 0.15) is 11.5 Å². The zero-order valence-corrected chi connectivity index (χ0v) is 16.2. The number of nitrogens with zero attached hydrogens (tertiary/aromatic N) is 2. The maximum atomic E-state index is 11.8. The molecule has 0 aliphatic carbocycles. The molecule has 2 N–H and O–H groups in total. The summed E-state index contributed by atoms with van der Waals surface area (Å²) in [5, 5.41) is 24.3. The number of rotatable bonds is 7. The lowest BCUT2D eigenvalue weighted by Gasteiger charge is -2.08. The van der Waals surface area contributed by atoms with Crippen LogP contribution >= 0.6 is 27.5 Å². The average Bonchev–Trinajstić information content (AvgIpc) is 2.62. The zero-order valence-electron chi connectivity index (χ0n) is 13.8. The van der Waals surface area contributed by atoms with Crippen LogP contribution in [0.15, 0.2) is 39.9 Å². The molecule has 2 aromatic rings. The molecule has 142 valence electrons. The quantitative estimate of drug-likeness (QED) is 0.373. The standard InChI is InChI=1S/C16H13BrClN3O6/c1-26-11-2-3-14(12(17)6-11)27-8-15(22)20-19-7-9-4-10(18)5-13(16(9)23)21(24)25/h2-7,23H,8H2,1H3,(H,20,22)/b19-7-. The van der Waals surface area contributed by atoms with Crippen molar-refractivity contribution in [2.75, 3.05) is 13.7 Å². The van der Waals surface area contributed by atoms with Gasteiger partial charge in [0.05, 0.1) is 22.7 Å². The number of nitro benzene ring substituents is 1. The van der Waals surface area contributed by atoms with E-state index >= 15 is 0 Å². The Kier molecular flexibility index (Phi) is 6.97. The second-order valence-corrected chi connectivity index (χ2v) is 6.29. The topological polar surface area (TPSA) is 123 Å². The summed E-state index contributed by atoms with van der Waals surface area (Å²) in [6.07, 6.45) is 1.04. The van der Waals surface area contributed by atoms with Crippen molar-refractivity contribution in [3.05, 3.63) is 55.5 Å². The average molecular weight is 459 g/mol. The fraction of sp³-hybridized carbons (Fsp3) is 0.125. The van der Waals surface area contributed by atoms with Gasteiger partial charge in [-0.15, -0.1) is 0 Å². The molecule has 27 heavy (non-hydrogen) atoms. The highest BCUT2D eigenvalue weighted by Gasteiger charge is 2.17. The first-order chi connectivity index (χ1) is 12.8. The van der Waals surface area contributed by atoms with Gasteiger partial charge in [0.2, 0.25) is 5.75 Å². The number of ether oxygens (including phenoxy) is 2. The number of benzene rings is 2. The number of aromatic hydroxyl groups is 1. The van der Waals surface area contributed by atoms with Crippen molar-refractivity contribution in [2.45, 2.75) is 0 Å². The Morgan fingerprint density at radius 2 is 2.19 bits per heavy atom. The number of phenolic OH excluding ortho intramolecular Hbond substituents is 1. The van der Waals surface area contributed by atoms with E-state index in [0.29, 0.717) is 16.0 Å². The Labute approximate surface area is 166 Å². The van der Waals surface area contributed by atoms with Gasteiger partial charge in [-0.1, -0.05) is 11.6 Å². The molecule has 11 heteroatoms. The number of methoxy groups -OCH3 is 1. The Hall–Kier alpha value is -2.85. The molecule has 0 heterocycles. The first-order valence-corrected chi connectivity index (χ1v) is 8.44. The lowest BCUT2D eigenvalue weighted by atomic mass is 10.2. The number of hydrazone groups is 1. The van der Waals surface area contributed by atoms with Crippen LogP contribution < -0.4 is 14.9 Å². The van der Waals surface area contributed by atoms with Crippen LogP contribution in [0.1, 0.15) is 5.56 Å². The molecular formula is C16H13BrClN3O6. The first kappa shape index (κ1) is 20.5. The van der Waals surface area contributed by atoms with Gasteiger partial charge in [-0.2, -0.15) is 5.10 Å². The van der Waals surface area contributed by atoms with Gasteiger partial charge >= 0.3 is 5.69 Å². The molecule has 0 unspecified atom stereocenters. The van der Waals surface area contributed by atoms with Crippen molar-refractivity contribution in [1.29, 1.82) is 0 Å². The van der Waals surface area contributed by atoms with Crippen molar-refractivity contribution in [2.24, 2.45) is 5.10 Å². The van der Waals surface area contributed by atoms with Crippen molar-refractivity contribution in [3.8, 4) is 17.2 Å². The minimum atomic E-state index is -0.780. The van der Waals surface area contributed by atoms with E-state index in [2.05, 4.69) is 26.5 Å². The van der Waals surface area contributed by atoms with Crippen LogP contribution in [0.4, 0.5) is 5.69 Å². The summed E-state index contributed by atoms with van der Waals surface area (Å²) >= 11 is 9.06. The van der Waals surface area contributed by atoms with Crippen LogP contribution in [0.2, 0.25) is 5.02 Å². The maximum Gasteiger partial charge on any atom is 0.312 e. The molecule has 1 amide bonds. The number of carbonyl (C=O) groups excluding carboxylic acids is 1. The molecule has 0 radical (unpaired) electrons. The Balaban J connectivity index is 1.97. The highest BCUT2D eigenvalue weighted by Crippen LogP contribution is 2.32. The van der Waals surface area contributed by atoms with E-state index in [1.54, 1.807) is 18.2 Å². The summed E-state index contributed by atoms with van der Waals surface area (Å²) in [5.41, 5.74) is 1.59. The second kappa shape index (κ2) is 9.19. The third-order valence-electron chi connectivity index (χ3n) is 3.17. The van der Waals surface area contributed by atoms with Crippen LogP contribution in [0, 0.1) is 10.1 Å². The third-order valence-corrected chi connectivity index (χ3v) is 4.01. The van der Waals surface area contributed by atoms with Crippen molar-refractivity contribution in [3.63, 3.8) is 0 Å². The predicted molar refractivity (Wildman–Crippen MR) is 102 cm³/mol. The Bertz CT molecular complexity index is 906. The summed E-state index contributed by atoms with van der Waals surface area (Å²) in [7, 11) is 1.53. The molecule has 0 aliphatic heterocycles. The van der Waals surface area contributed by atoms with E-state index in [1.807, 2.05) is 0 Å². The predicted octanol–water partition coefficient (Wildman–Crippen LogP) is 3.25. The number of nitrogens with one attached hydrogen (secondary N) is 1. The summed E-state index contributed by atoms with van der Waals surface area (Å²) in [4.78, 5) is 21.8. The number of hydrogen-bond acceptors (Lipinski definition) is 7. The van der Waals surface area contributed by atoms with Crippen molar-refractivity contribution >= 4 is 45.3 Å². The lowest BCUT2D eigenvalue weighted by Crippen LogP contribution is -2.24. The number of carbonyl (C=O) groups is 1. The molecule has 0 saturated carbocycles. The van der Waals surface area contributed by atoms with Crippen LogP contribution in [0.25, 0.3) is 0 Å². The summed E-state index contributed by atoms with van der Waals surface area (Å²) < 4.78 is 11.0. The van der Waals surface area contributed by atoms with Crippen LogP contribution in [-0.2, 0) is 4.79 Å². The van der Waals surface area contributed by atoms with Gasteiger partial charge in [0.25, 0.3) is 5.91 Å². The Morgan fingerprint density at radius 1 is 1.44 bits per heavy atom. The zero-order chi connectivity index (χ0) is 20.0. The van der Waals surface area contributed by atoms with E-state index in [4.69, 9.17) is 21.1 Å². The highest BCUT2D eigenvalue weighted by atomic mass is 79.9. The van der Waals surface area contributed by atoms with E-state index in [0.717, 1.165) is 12.3 Å². The highest BCUT2D eigenvalue weighted by molar-refractivity contribution is 9.10. The number of amides is 1. The van der Waals surface area contributed by atoms with Crippen molar-refractivity contribution < 1.29 is 24.3 Å². The number of phenols is 1. The molecule has 0 saturated heterocycles. The minimum Gasteiger partial charge on any atom is -0.502 e. The fourth-order valence-corrected chi connectivity index (χ4v) is 2.61. The monoisotopic (exact) mass is 457 g/mol. The smallest absolute Gasteiger partial charge is 0.312 e. The van der Waals surface area contributed by atoms with Gasteiger partial charge in [0.15, 0.2) is 6.61 Å². The molecule has 0 bridgehead atoms. The van der Waals surface area contributed by atoms with E-state index < -0.39 is 22.3 Å². The maximum absolute atomic E-state index is 11.8. The molecule has 9 nitrogen and oxygen atoms in total. The lowest BCUT2D eigenvalue weighted by molar-refractivity contribution is -0.385. The Morgan fingerprint density at radius 3 is 2.81 bits per heavy atom. The number of hydrogen-bond donors (Lipinski definition) is 2. The van der Waals surface area contributed by atoms with Crippen LogP contribution in [0.5, 0.6) is 17.2 Å². The molecule has 0 aliphatic rings. The number of nitro groups is 1. The molecule has 0 spiro atoms. The van der Waals surface area contributed by atoms with Crippen LogP contribution in [0.3, 0.4) is 0 Å². The van der Waals surface area contributed by atoms with Gasteiger partial charge < -0.3 is 14.6 Å². The van der Waals surface area contributed by atoms with E-state index in [-0.39, 0.29) is 17.2 Å². The molecule has 2 rings (SSSR count). The van der Waals surface area contributed by atoms with Gasteiger partial charge in [-0.25, -0.2) is 5.43 Å². The van der Waals surface area contributed by atoms with Gasteiger partial charge in [-0.05, 0) is 40.2 Å². The van der Waals surface area contributed by atoms with Gasteiger partial charge in [0, 0.05) is 16.7 Å². The van der Waals surface area contributed by atoms with Gasteiger partial charge in [-0.3, -0.25) is 14.9 Å². The largest absolute Gasteiger partial charge is 0.502 e. The van der Waals surface area contributed by atoms with Crippen molar-refractivity contribution in [1.82, 2.24) is 5.43 Å². The second-order valence-electron chi connectivity index (χ2n) is 5.00. The summed E-state index contributed by atoms with van der Waals surface area (Å²) in [6.45, 7) is -0.329. The molecule has 0 fully saturated rings. The SMILES string of the molecule is COc1ccc(OCC(=O)N/N=C\c2cc(Cl)cc([N+](=O)[O-])c2O)c(Br)c1. The molecule has 0 atom stereocenters. The van der Waals surface area contributed by atoms with E-state index in [1.165, 1.54) is 13.2 Å².